The monoisotopic (exact) mass is 749 g/mol. The Balaban J connectivity index is 1.10. The van der Waals surface area contributed by atoms with Gasteiger partial charge in [-0.3, -0.25) is 0 Å². The first-order valence-electron chi connectivity index (χ1n) is 18.7. The molecule has 0 N–H and O–H groups in total. The van der Waals surface area contributed by atoms with E-state index in [2.05, 4.69) is 54.6 Å². The summed E-state index contributed by atoms with van der Waals surface area (Å²) >= 11 is 1.77. The molecular formula is C49H27N5O2S. The number of thiophene rings is 1. The lowest BCUT2D eigenvalue weighted by atomic mass is 10.0. The Bertz CT molecular complexity index is 3540. The van der Waals surface area contributed by atoms with Gasteiger partial charge in [0, 0.05) is 58.6 Å². The minimum Gasteiger partial charge on any atom is -0.455 e. The third-order valence-electron chi connectivity index (χ3n) is 10.6. The van der Waals surface area contributed by atoms with Crippen LogP contribution in [0, 0.1) is 0 Å². The van der Waals surface area contributed by atoms with Crippen molar-refractivity contribution >= 4 is 75.5 Å². The Hall–Kier alpha value is -7.55. The predicted molar refractivity (Wildman–Crippen MR) is 230 cm³/mol. The van der Waals surface area contributed by atoms with Crippen LogP contribution in [0.25, 0.3) is 121 Å². The molecular weight excluding hydrogens is 723 g/mol. The normalized spacial score (nSPS) is 11.9. The largest absolute Gasteiger partial charge is 0.455 e. The number of para-hydroxylation sites is 2. The van der Waals surface area contributed by atoms with Gasteiger partial charge in [0.2, 0.25) is 0 Å². The Kier molecular flexibility index (Phi) is 6.96. The van der Waals surface area contributed by atoms with E-state index in [0.717, 1.165) is 66.2 Å². The van der Waals surface area contributed by atoms with Gasteiger partial charge in [-0.15, -0.1) is 11.3 Å². The van der Waals surface area contributed by atoms with Gasteiger partial charge in [0.1, 0.15) is 28.0 Å². The molecule has 8 heteroatoms. The molecule has 0 atom stereocenters. The number of hydrogen-bond donors (Lipinski definition) is 0. The maximum atomic E-state index is 6.79. The molecule has 0 saturated heterocycles. The van der Waals surface area contributed by atoms with Crippen LogP contribution in [0.15, 0.2) is 173 Å². The second kappa shape index (κ2) is 12.5. The summed E-state index contributed by atoms with van der Waals surface area (Å²) in [6.07, 6.45) is 0. The van der Waals surface area contributed by atoms with Crippen LogP contribution in [-0.4, -0.2) is 24.9 Å². The van der Waals surface area contributed by atoms with Crippen molar-refractivity contribution in [2.45, 2.75) is 0 Å². The molecule has 7 nitrogen and oxygen atoms in total. The first-order valence-corrected chi connectivity index (χ1v) is 19.5. The Morgan fingerprint density at radius 2 is 0.912 bits per heavy atom. The van der Waals surface area contributed by atoms with Crippen molar-refractivity contribution in [3.8, 4) is 56.8 Å². The Labute approximate surface area is 328 Å². The highest BCUT2D eigenvalue weighted by Crippen LogP contribution is 2.43. The summed E-state index contributed by atoms with van der Waals surface area (Å²) in [4.78, 5) is 25.9. The average Bonchev–Trinajstić information content (AvgIpc) is 3.98. The lowest BCUT2D eigenvalue weighted by Gasteiger charge is -2.10. The van der Waals surface area contributed by atoms with Gasteiger partial charge in [-0.1, -0.05) is 127 Å². The minimum absolute atomic E-state index is 0.524. The molecule has 0 saturated carbocycles. The fraction of sp³-hybridized carbons (Fsp3) is 0. The first-order chi connectivity index (χ1) is 28.2. The van der Waals surface area contributed by atoms with E-state index in [0.29, 0.717) is 40.0 Å². The molecule has 0 amide bonds. The van der Waals surface area contributed by atoms with Crippen LogP contribution in [0.2, 0.25) is 0 Å². The lowest BCUT2D eigenvalue weighted by Crippen LogP contribution is -2.00. The van der Waals surface area contributed by atoms with Gasteiger partial charge in [0.15, 0.2) is 28.9 Å². The van der Waals surface area contributed by atoms with Crippen molar-refractivity contribution in [1.29, 1.82) is 0 Å². The lowest BCUT2D eigenvalue weighted by molar-refractivity contribution is 0.667. The average molecular weight is 750 g/mol. The fourth-order valence-electron chi connectivity index (χ4n) is 8.01. The molecule has 12 rings (SSSR count). The standard InChI is InChI=1S/C49H27N5O2S/c1-3-14-28(15-4-1)42-45-43(30-18-7-9-24-36(30)55-45)51-47(50-42)33-21-12-25-37-40(33)32-20-11-23-35(44(32)56-37)49-53-46(29-16-5-2-6-17-29)52-48(54-49)34-22-13-27-39-41(34)31-19-8-10-26-38(31)57-39/h1-27H. The molecule has 0 aliphatic rings. The number of rotatable bonds is 5. The molecule has 0 unspecified atom stereocenters. The van der Waals surface area contributed by atoms with E-state index in [9.17, 15) is 0 Å². The highest BCUT2D eigenvalue weighted by molar-refractivity contribution is 7.25. The van der Waals surface area contributed by atoms with Gasteiger partial charge in [-0.05, 0) is 36.4 Å². The third-order valence-corrected chi connectivity index (χ3v) is 11.7. The van der Waals surface area contributed by atoms with Crippen molar-refractivity contribution in [2.24, 2.45) is 0 Å². The molecule has 0 aliphatic heterocycles. The molecule has 5 heterocycles. The Morgan fingerprint density at radius 1 is 0.351 bits per heavy atom. The molecule has 0 aliphatic carbocycles. The molecule has 7 aromatic carbocycles. The quantitative estimate of drug-likeness (QED) is 0.173. The zero-order valence-corrected chi connectivity index (χ0v) is 30.9. The van der Waals surface area contributed by atoms with Gasteiger partial charge in [-0.2, -0.15) is 0 Å². The van der Waals surface area contributed by atoms with Crippen LogP contribution in [0.5, 0.6) is 0 Å². The van der Waals surface area contributed by atoms with Gasteiger partial charge >= 0.3 is 0 Å². The maximum absolute atomic E-state index is 6.79. The number of fused-ring (bicyclic) bond motifs is 9. The van der Waals surface area contributed by atoms with Crippen LogP contribution in [0.4, 0.5) is 0 Å². The first kappa shape index (κ1) is 31.8. The second-order valence-corrected chi connectivity index (χ2v) is 15.0. The summed E-state index contributed by atoms with van der Waals surface area (Å²) < 4.78 is 15.6. The summed E-state index contributed by atoms with van der Waals surface area (Å²) in [6, 6.07) is 55.2. The third kappa shape index (κ3) is 5.01. The van der Waals surface area contributed by atoms with Crippen molar-refractivity contribution in [2.75, 3.05) is 0 Å². The number of aromatic nitrogens is 5. The molecule has 0 fully saturated rings. The SMILES string of the molecule is c1ccc(-c2nc(-c3cccc4c3oc3cccc(-c5nc(-c6ccccc6)c6oc7ccccc7c6n5)c34)nc(-c3cccc4sc5ccccc5c34)n2)cc1. The molecule has 5 aromatic heterocycles. The smallest absolute Gasteiger partial charge is 0.180 e. The van der Waals surface area contributed by atoms with Crippen LogP contribution < -0.4 is 0 Å². The van der Waals surface area contributed by atoms with Crippen molar-refractivity contribution in [3.05, 3.63) is 164 Å². The molecule has 0 radical (unpaired) electrons. The van der Waals surface area contributed by atoms with E-state index >= 15 is 0 Å². The molecule has 57 heavy (non-hydrogen) atoms. The van der Waals surface area contributed by atoms with E-state index in [1.165, 1.54) is 14.8 Å². The van der Waals surface area contributed by atoms with Crippen molar-refractivity contribution < 1.29 is 8.83 Å². The zero-order chi connectivity index (χ0) is 37.5. The molecule has 266 valence electrons. The van der Waals surface area contributed by atoms with E-state index in [4.69, 9.17) is 33.8 Å². The van der Waals surface area contributed by atoms with Gasteiger partial charge in [0.25, 0.3) is 0 Å². The highest BCUT2D eigenvalue weighted by atomic mass is 32.1. The highest BCUT2D eigenvalue weighted by Gasteiger charge is 2.23. The van der Waals surface area contributed by atoms with Crippen LogP contribution in [0.3, 0.4) is 0 Å². The Morgan fingerprint density at radius 3 is 1.75 bits per heavy atom. The summed E-state index contributed by atoms with van der Waals surface area (Å²) in [5.74, 6) is 2.29. The van der Waals surface area contributed by atoms with Crippen LogP contribution in [-0.2, 0) is 0 Å². The van der Waals surface area contributed by atoms with E-state index < -0.39 is 0 Å². The van der Waals surface area contributed by atoms with E-state index in [1.807, 2.05) is 109 Å². The fourth-order valence-corrected chi connectivity index (χ4v) is 9.14. The second-order valence-electron chi connectivity index (χ2n) is 14.0. The molecule has 0 spiro atoms. The van der Waals surface area contributed by atoms with Crippen molar-refractivity contribution in [1.82, 2.24) is 24.9 Å². The number of nitrogens with zero attached hydrogens (tertiary/aromatic N) is 5. The zero-order valence-electron chi connectivity index (χ0n) is 30.0. The van der Waals surface area contributed by atoms with Gasteiger partial charge in [0.05, 0.1) is 5.56 Å². The minimum atomic E-state index is 0.524. The summed E-state index contributed by atoms with van der Waals surface area (Å²) in [6.45, 7) is 0. The van der Waals surface area contributed by atoms with Crippen molar-refractivity contribution in [3.63, 3.8) is 0 Å². The van der Waals surface area contributed by atoms with Crippen LogP contribution >= 0.6 is 11.3 Å². The maximum Gasteiger partial charge on any atom is 0.180 e. The van der Waals surface area contributed by atoms with Gasteiger partial charge in [-0.25, -0.2) is 24.9 Å². The predicted octanol–water partition coefficient (Wildman–Crippen LogP) is 13.2. The molecule has 12 aromatic rings. The number of hydrogen-bond acceptors (Lipinski definition) is 8. The summed E-state index contributed by atoms with van der Waals surface area (Å²) in [5, 5.41) is 5.08. The van der Waals surface area contributed by atoms with Gasteiger partial charge < -0.3 is 8.83 Å². The number of benzene rings is 7. The summed E-state index contributed by atoms with van der Waals surface area (Å²) in [5.41, 5.74) is 8.73. The van der Waals surface area contributed by atoms with E-state index in [-0.39, 0.29) is 0 Å². The molecule has 0 bridgehead atoms. The van der Waals surface area contributed by atoms with E-state index in [1.54, 1.807) is 11.3 Å². The van der Waals surface area contributed by atoms with Crippen LogP contribution in [0.1, 0.15) is 0 Å². The number of furan rings is 2. The summed E-state index contributed by atoms with van der Waals surface area (Å²) in [7, 11) is 0. The topological polar surface area (TPSA) is 90.7 Å².